The molecule has 80 valence electrons. The lowest BCUT2D eigenvalue weighted by molar-refractivity contribution is -0.387. The van der Waals surface area contributed by atoms with Gasteiger partial charge in [-0.1, -0.05) is 12.1 Å². The van der Waals surface area contributed by atoms with Gasteiger partial charge in [-0.15, -0.1) is 0 Å². The van der Waals surface area contributed by atoms with E-state index < -0.39 is 16.4 Å². The van der Waals surface area contributed by atoms with Gasteiger partial charge in [0.25, 0.3) is 0 Å². The molecule has 5 heteroatoms. The average Bonchev–Trinajstić information content (AvgIpc) is 2.15. The molecule has 0 aliphatic carbocycles. The highest BCUT2D eigenvalue weighted by Gasteiger charge is 2.16. The summed E-state index contributed by atoms with van der Waals surface area (Å²) < 4.78 is 13.4. The summed E-state index contributed by atoms with van der Waals surface area (Å²) >= 11 is 0. The van der Waals surface area contributed by atoms with Gasteiger partial charge < -0.3 is 4.79 Å². The lowest BCUT2D eigenvalue weighted by Crippen LogP contribution is -2.00. The van der Waals surface area contributed by atoms with Crippen LogP contribution in [0.15, 0.2) is 18.2 Å². The Morgan fingerprint density at radius 3 is 2.73 bits per heavy atom. The summed E-state index contributed by atoms with van der Waals surface area (Å²) in [5.41, 5.74) is -0.338. The van der Waals surface area contributed by atoms with Crippen molar-refractivity contribution < 1.29 is 14.1 Å². The van der Waals surface area contributed by atoms with Gasteiger partial charge in [-0.3, -0.25) is 10.1 Å². The molecule has 0 aromatic heterocycles. The Bertz CT molecular complexity index is 404. The first kappa shape index (κ1) is 11.3. The zero-order valence-electron chi connectivity index (χ0n) is 8.20. The predicted octanol–water partition coefficient (Wildman–Crippen LogP) is 2.26. The lowest BCUT2D eigenvalue weighted by Gasteiger charge is -2.01. The largest absolute Gasteiger partial charge is 0.305 e. The van der Waals surface area contributed by atoms with Crippen molar-refractivity contribution in [3.8, 4) is 0 Å². The Morgan fingerprint density at radius 1 is 1.53 bits per heavy atom. The predicted molar refractivity (Wildman–Crippen MR) is 52.1 cm³/mol. The molecule has 0 aliphatic heterocycles. The summed E-state index contributed by atoms with van der Waals surface area (Å²) in [6.45, 7) is 1.40. The summed E-state index contributed by atoms with van der Waals surface area (Å²) in [4.78, 5) is 20.3. The summed E-state index contributed by atoms with van der Waals surface area (Å²) in [6, 6.07) is 3.97. The number of nitro groups is 1. The molecule has 0 saturated heterocycles. The molecule has 15 heavy (non-hydrogen) atoms. The third-order valence-electron chi connectivity index (χ3n) is 2.00. The van der Waals surface area contributed by atoms with Gasteiger partial charge in [0.05, 0.1) is 4.92 Å². The average molecular weight is 211 g/mol. The Kier molecular flexibility index (Phi) is 3.49. The lowest BCUT2D eigenvalue weighted by atomic mass is 10.1. The molecule has 4 nitrogen and oxygen atoms in total. The van der Waals surface area contributed by atoms with Crippen molar-refractivity contribution in [2.24, 2.45) is 0 Å². The second-order valence-corrected chi connectivity index (χ2v) is 3.21. The number of halogens is 1. The van der Waals surface area contributed by atoms with Crippen LogP contribution in [-0.2, 0) is 11.2 Å². The number of ketones is 1. The van der Waals surface area contributed by atoms with Crippen LogP contribution >= 0.6 is 0 Å². The number of aryl methyl sites for hydroxylation is 1. The number of hydrogen-bond acceptors (Lipinski definition) is 3. The van der Waals surface area contributed by atoms with Crippen LogP contribution in [0, 0.1) is 15.9 Å². The fourth-order valence-corrected chi connectivity index (χ4v) is 1.21. The van der Waals surface area contributed by atoms with E-state index in [2.05, 4.69) is 0 Å². The Hall–Kier alpha value is -1.78. The third kappa shape index (κ3) is 2.83. The van der Waals surface area contributed by atoms with Crippen molar-refractivity contribution in [2.45, 2.75) is 19.8 Å². The summed E-state index contributed by atoms with van der Waals surface area (Å²) in [7, 11) is 0. The first-order valence-electron chi connectivity index (χ1n) is 4.43. The van der Waals surface area contributed by atoms with Crippen molar-refractivity contribution in [2.75, 3.05) is 0 Å². The standard InChI is InChI=1S/C10H10FNO3/c1-7(13)5-6-8-3-2-4-9(10(8)11)12(14)15/h2-4H,5-6H2,1H3. The number of Topliss-reactive ketones (excluding diaryl/α,β-unsaturated/α-hetero) is 1. The fraction of sp³-hybridized carbons (Fsp3) is 0.300. The van der Waals surface area contributed by atoms with Crippen LogP contribution in [0.2, 0.25) is 0 Å². The Morgan fingerprint density at radius 2 is 2.20 bits per heavy atom. The molecule has 1 rings (SSSR count). The monoisotopic (exact) mass is 211 g/mol. The van der Waals surface area contributed by atoms with Crippen molar-refractivity contribution in [1.82, 2.24) is 0 Å². The SMILES string of the molecule is CC(=O)CCc1cccc([N+](=O)[O-])c1F. The van der Waals surface area contributed by atoms with Crippen molar-refractivity contribution >= 4 is 11.5 Å². The molecule has 0 radical (unpaired) electrons. The molecule has 0 spiro atoms. The highest BCUT2D eigenvalue weighted by Crippen LogP contribution is 2.21. The van der Waals surface area contributed by atoms with Crippen LogP contribution in [0.5, 0.6) is 0 Å². The van der Waals surface area contributed by atoms with Crippen molar-refractivity contribution in [1.29, 1.82) is 0 Å². The number of rotatable bonds is 4. The molecule has 1 aromatic carbocycles. The molecule has 0 N–H and O–H groups in total. The molecule has 1 aromatic rings. The van der Waals surface area contributed by atoms with E-state index in [0.29, 0.717) is 0 Å². The minimum absolute atomic E-state index is 0.0686. The summed E-state index contributed by atoms with van der Waals surface area (Å²) in [5, 5.41) is 10.4. The zero-order valence-corrected chi connectivity index (χ0v) is 8.20. The van der Waals surface area contributed by atoms with Gasteiger partial charge in [-0.25, -0.2) is 0 Å². The minimum atomic E-state index is -0.844. The van der Waals surface area contributed by atoms with Gasteiger partial charge in [0.1, 0.15) is 5.78 Å². The van der Waals surface area contributed by atoms with Crippen LogP contribution in [0.25, 0.3) is 0 Å². The second kappa shape index (κ2) is 4.63. The van der Waals surface area contributed by atoms with Crippen molar-refractivity contribution in [3.63, 3.8) is 0 Å². The number of nitro benzene ring substituents is 1. The number of hydrogen-bond donors (Lipinski definition) is 0. The Labute approximate surface area is 85.9 Å². The molecule has 0 amide bonds. The van der Waals surface area contributed by atoms with E-state index in [1.807, 2.05) is 0 Å². The zero-order chi connectivity index (χ0) is 11.4. The third-order valence-corrected chi connectivity index (χ3v) is 2.00. The Balaban J connectivity index is 2.94. The fourth-order valence-electron chi connectivity index (χ4n) is 1.21. The number of benzene rings is 1. The van der Waals surface area contributed by atoms with Gasteiger partial charge in [0, 0.05) is 12.5 Å². The van der Waals surface area contributed by atoms with Crippen molar-refractivity contribution in [3.05, 3.63) is 39.7 Å². The van der Waals surface area contributed by atoms with Gasteiger partial charge in [-0.2, -0.15) is 4.39 Å². The van der Waals surface area contributed by atoms with E-state index in [4.69, 9.17) is 0 Å². The first-order valence-corrected chi connectivity index (χ1v) is 4.43. The van der Waals surface area contributed by atoms with E-state index in [9.17, 15) is 19.3 Å². The molecular formula is C10H10FNO3. The topological polar surface area (TPSA) is 60.2 Å². The molecule has 0 heterocycles. The van der Waals surface area contributed by atoms with Gasteiger partial charge in [-0.05, 0) is 18.9 Å². The molecule has 0 bridgehead atoms. The molecule has 0 saturated carbocycles. The van der Waals surface area contributed by atoms with Gasteiger partial charge in [0.2, 0.25) is 5.82 Å². The quantitative estimate of drug-likeness (QED) is 0.566. The first-order chi connectivity index (χ1) is 7.02. The highest BCUT2D eigenvalue weighted by molar-refractivity contribution is 5.75. The van der Waals surface area contributed by atoms with E-state index in [0.717, 1.165) is 6.07 Å². The minimum Gasteiger partial charge on any atom is -0.300 e. The van der Waals surface area contributed by atoms with E-state index in [1.54, 1.807) is 0 Å². The van der Waals surface area contributed by atoms with Crippen LogP contribution < -0.4 is 0 Å². The van der Waals surface area contributed by atoms with Gasteiger partial charge in [0.15, 0.2) is 0 Å². The highest BCUT2D eigenvalue weighted by atomic mass is 19.1. The smallest absolute Gasteiger partial charge is 0.300 e. The maximum atomic E-state index is 13.4. The van der Waals surface area contributed by atoms with E-state index >= 15 is 0 Å². The van der Waals surface area contributed by atoms with E-state index in [1.165, 1.54) is 19.1 Å². The molecule has 0 unspecified atom stereocenters. The summed E-state index contributed by atoms with van der Waals surface area (Å²) in [6.07, 6.45) is 0.390. The molecule has 0 aliphatic rings. The maximum Gasteiger partial charge on any atom is 0.305 e. The molecule has 0 atom stereocenters. The molecule has 0 fully saturated rings. The van der Waals surface area contributed by atoms with Crippen LogP contribution in [0.4, 0.5) is 10.1 Å². The van der Waals surface area contributed by atoms with Crippen LogP contribution in [0.3, 0.4) is 0 Å². The summed E-state index contributed by atoms with van der Waals surface area (Å²) in [5.74, 6) is -0.912. The number of carbonyl (C=O) groups is 1. The number of nitrogens with zero attached hydrogens (tertiary/aromatic N) is 1. The normalized spacial score (nSPS) is 10.0. The molecular weight excluding hydrogens is 201 g/mol. The van der Waals surface area contributed by atoms with Crippen LogP contribution in [-0.4, -0.2) is 10.7 Å². The number of carbonyl (C=O) groups excluding carboxylic acids is 1. The maximum absolute atomic E-state index is 13.4. The van der Waals surface area contributed by atoms with Crippen LogP contribution in [0.1, 0.15) is 18.9 Å². The van der Waals surface area contributed by atoms with Gasteiger partial charge >= 0.3 is 5.69 Å². The van der Waals surface area contributed by atoms with E-state index in [-0.39, 0.29) is 24.2 Å². The second-order valence-electron chi connectivity index (χ2n) is 3.21.